The van der Waals surface area contributed by atoms with Crippen LogP contribution in [-0.2, 0) is 18.9 Å². The largest absolute Gasteiger partial charge is 0.452 e. The molecule has 3 aromatic carbocycles. The third-order valence-corrected chi connectivity index (χ3v) is 6.56. The topological polar surface area (TPSA) is 88.1 Å². The molecule has 0 unspecified atom stereocenters. The number of rotatable bonds is 7. The molecule has 7 nitrogen and oxygen atoms in total. The molecular weight excluding hydrogens is 480 g/mol. The Morgan fingerprint density at radius 2 is 0.972 bits per heavy atom. The molecule has 0 radical (unpaired) electrons. The summed E-state index contributed by atoms with van der Waals surface area (Å²) in [5.74, 6) is -1.84. The Kier molecular flexibility index (Phi) is 8.40. The Morgan fingerprint density at radius 3 is 1.36 bits per heavy atom. The van der Waals surface area contributed by atoms with Crippen molar-refractivity contribution in [3.63, 3.8) is 0 Å². The first kappa shape index (κ1) is 25.5. The minimum Gasteiger partial charge on any atom is -0.452 e. The van der Waals surface area contributed by atoms with Crippen LogP contribution in [0.25, 0.3) is 0 Å². The molecule has 0 spiro atoms. The van der Waals surface area contributed by atoms with Crippen LogP contribution in [0.3, 0.4) is 0 Å². The molecule has 1 fully saturated rings. The third-order valence-electron chi connectivity index (χ3n) is 5.72. The molecule has 0 aromatic heterocycles. The first-order chi connectivity index (χ1) is 17.5. The molecule has 1 aliphatic rings. The van der Waals surface area contributed by atoms with Gasteiger partial charge in [-0.2, -0.15) is 0 Å². The van der Waals surface area contributed by atoms with Gasteiger partial charge in [-0.05, 0) is 49.6 Å². The molecular formula is C28H26O7S. The van der Waals surface area contributed by atoms with Gasteiger partial charge in [-0.15, -0.1) is 11.8 Å². The standard InChI is InChI=1S/C28H26O7S/c1-18-22(33-25(29)19-12-6-3-7-13-19)23(34-26(30)20-14-8-4-9-15-20)24(28(32-18)36-2)35-27(31)21-16-10-5-11-17-21/h3-18,22-24,28H,1-2H3/t18-,22-,23+,24+,28-/m0/s1. The van der Waals surface area contributed by atoms with Gasteiger partial charge in [0.15, 0.2) is 18.3 Å². The Bertz CT molecular complexity index is 1170. The monoisotopic (exact) mass is 506 g/mol. The van der Waals surface area contributed by atoms with Gasteiger partial charge < -0.3 is 18.9 Å². The van der Waals surface area contributed by atoms with E-state index in [0.29, 0.717) is 16.7 Å². The van der Waals surface area contributed by atoms with Gasteiger partial charge in [0.05, 0.1) is 22.8 Å². The minimum atomic E-state index is -1.11. The van der Waals surface area contributed by atoms with Crippen molar-refractivity contribution >= 4 is 29.7 Å². The van der Waals surface area contributed by atoms with Crippen molar-refractivity contribution in [3.05, 3.63) is 108 Å². The highest BCUT2D eigenvalue weighted by Crippen LogP contribution is 2.34. The Hall–Kier alpha value is -3.62. The molecule has 186 valence electrons. The maximum Gasteiger partial charge on any atom is 0.338 e. The van der Waals surface area contributed by atoms with Crippen LogP contribution < -0.4 is 0 Å². The van der Waals surface area contributed by atoms with E-state index in [2.05, 4.69) is 0 Å². The molecule has 3 aromatic rings. The van der Waals surface area contributed by atoms with E-state index in [4.69, 9.17) is 18.9 Å². The zero-order valence-electron chi connectivity index (χ0n) is 19.8. The number of benzene rings is 3. The predicted octanol–water partition coefficient (Wildman–Crippen LogP) is 4.77. The first-order valence-electron chi connectivity index (χ1n) is 11.4. The summed E-state index contributed by atoms with van der Waals surface area (Å²) < 4.78 is 23.6. The summed E-state index contributed by atoms with van der Waals surface area (Å²) >= 11 is 1.31. The summed E-state index contributed by atoms with van der Waals surface area (Å²) in [5, 5.41) is 0. The van der Waals surface area contributed by atoms with Crippen molar-refractivity contribution in [2.45, 2.75) is 36.8 Å². The molecule has 1 aliphatic heterocycles. The molecule has 0 bridgehead atoms. The lowest BCUT2D eigenvalue weighted by molar-refractivity contribution is -0.194. The second-order valence-electron chi connectivity index (χ2n) is 8.15. The van der Waals surface area contributed by atoms with E-state index in [-0.39, 0.29) is 0 Å². The summed E-state index contributed by atoms with van der Waals surface area (Å²) in [6.07, 6.45) is -2.02. The molecule has 36 heavy (non-hydrogen) atoms. The van der Waals surface area contributed by atoms with Crippen molar-refractivity contribution in [1.29, 1.82) is 0 Å². The first-order valence-corrected chi connectivity index (χ1v) is 12.7. The lowest BCUT2D eigenvalue weighted by Crippen LogP contribution is -2.59. The zero-order valence-corrected chi connectivity index (χ0v) is 20.6. The molecule has 4 rings (SSSR count). The highest BCUT2D eigenvalue weighted by atomic mass is 32.2. The molecule has 0 N–H and O–H groups in total. The lowest BCUT2D eigenvalue weighted by atomic mass is 9.99. The number of thioether (sulfide) groups is 1. The van der Waals surface area contributed by atoms with Crippen LogP contribution in [0.1, 0.15) is 38.0 Å². The zero-order chi connectivity index (χ0) is 25.5. The van der Waals surface area contributed by atoms with Gasteiger partial charge >= 0.3 is 17.9 Å². The number of hydrogen-bond acceptors (Lipinski definition) is 8. The molecule has 8 heteroatoms. The maximum absolute atomic E-state index is 13.1. The van der Waals surface area contributed by atoms with Crippen molar-refractivity contribution in [2.24, 2.45) is 0 Å². The Balaban J connectivity index is 1.66. The molecule has 5 atom stereocenters. The van der Waals surface area contributed by atoms with Gasteiger partial charge in [-0.1, -0.05) is 54.6 Å². The van der Waals surface area contributed by atoms with E-state index < -0.39 is 47.8 Å². The van der Waals surface area contributed by atoms with Crippen LogP contribution in [0, 0.1) is 0 Å². The van der Waals surface area contributed by atoms with E-state index in [1.165, 1.54) is 11.8 Å². The molecule has 0 saturated carbocycles. The normalized spacial score (nSPS) is 23.3. The summed E-state index contributed by atoms with van der Waals surface area (Å²) in [4.78, 5) is 39.0. The summed E-state index contributed by atoms with van der Waals surface area (Å²) in [7, 11) is 0. The highest BCUT2D eigenvalue weighted by molar-refractivity contribution is 7.99. The van der Waals surface area contributed by atoms with Gasteiger partial charge in [-0.25, -0.2) is 14.4 Å². The number of hydrogen-bond donors (Lipinski definition) is 0. The average Bonchev–Trinajstić information content (AvgIpc) is 2.93. The number of carbonyl (C=O) groups is 3. The summed E-state index contributed by atoms with van der Waals surface area (Å²) in [5.41, 5.74) is 0.330. The average molecular weight is 507 g/mol. The van der Waals surface area contributed by atoms with Crippen LogP contribution in [0.2, 0.25) is 0 Å². The van der Waals surface area contributed by atoms with Crippen molar-refractivity contribution < 1.29 is 33.3 Å². The van der Waals surface area contributed by atoms with Gasteiger partial charge in [0, 0.05) is 0 Å². The van der Waals surface area contributed by atoms with Crippen molar-refractivity contribution in [3.8, 4) is 0 Å². The van der Waals surface area contributed by atoms with Gasteiger partial charge in [0.2, 0.25) is 0 Å². The summed E-state index contributed by atoms with van der Waals surface area (Å²) in [6.45, 7) is 1.73. The summed E-state index contributed by atoms with van der Waals surface area (Å²) in [6, 6.07) is 25.4. The second-order valence-corrected chi connectivity index (χ2v) is 9.09. The van der Waals surface area contributed by atoms with E-state index in [1.54, 1.807) is 104 Å². The van der Waals surface area contributed by atoms with Crippen LogP contribution in [0.5, 0.6) is 0 Å². The third kappa shape index (κ3) is 5.95. The van der Waals surface area contributed by atoms with E-state index in [9.17, 15) is 14.4 Å². The number of esters is 3. The van der Waals surface area contributed by atoms with Crippen LogP contribution in [0.15, 0.2) is 91.0 Å². The van der Waals surface area contributed by atoms with Crippen LogP contribution in [-0.4, -0.2) is 54.0 Å². The molecule has 0 amide bonds. The van der Waals surface area contributed by atoms with E-state index in [1.807, 2.05) is 0 Å². The van der Waals surface area contributed by atoms with E-state index in [0.717, 1.165) is 0 Å². The fourth-order valence-electron chi connectivity index (χ4n) is 3.88. The maximum atomic E-state index is 13.1. The lowest BCUT2D eigenvalue weighted by Gasteiger charge is -2.43. The quantitative estimate of drug-likeness (QED) is 0.335. The fourth-order valence-corrected chi connectivity index (χ4v) is 4.65. The van der Waals surface area contributed by atoms with Crippen molar-refractivity contribution in [1.82, 2.24) is 0 Å². The van der Waals surface area contributed by atoms with Gasteiger partial charge in [0.1, 0.15) is 5.44 Å². The Labute approximate surface area is 213 Å². The molecule has 1 saturated heterocycles. The van der Waals surface area contributed by atoms with E-state index >= 15 is 0 Å². The minimum absolute atomic E-state index is 0.318. The number of ether oxygens (including phenoxy) is 4. The highest BCUT2D eigenvalue weighted by Gasteiger charge is 2.51. The Morgan fingerprint density at radius 1 is 0.611 bits per heavy atom. The molecule has 1 heterocycles. The second kappa shape index (κ2) is 11.9. The fraction of sp³-hybridized carbons (Fsp3) is 0.250. The van der Waals surface area contributed by atoms with Crippen LogP contribution in [0.4, 0.5) is 0 Å². The molecule has 0 aliphatic carbocycles. The smallest absolute Gasteiger partial charge is 0.338 e. The SMILES string of the molecule is CS[C@@H]1O[C@@H](C)[C@H](OC(=O)c2ccccc2)[C@@H](OC(=O)c2ccccc2)[C@H]1OC(=O)c1ccccc1. The predicted molar refractivity (Wildman–Crippen MR) is 135 cm³/mol. The van der Waals surface area contributed by atoms with Crippen LogP contribution >= 0.6 is 11.8 Å². The number of carbonyl (C=O) groups excluding carboxylic acids is 3. The van der Waals surface area contributed by atoms with Gasteiger partial charge in [0.25, 0.3) is 0 Å². The van der Waals surface area contributed by atoms with Crippen molar-refractivity contribution in [2.75, 3.05) is 6.26 Å². The van der Waals surface area contributed by atoms with Gasteiger partial charge in [-0.3, -0.25) is 0 Å².